The molecule has 146 valence electrons. The second-order valence-electron chi connectivity index (χ2n) is 7.68. The molecule has 1 aliphatic carbocycles. The number of nitrogens with zero attached hydrogens (tertiary/aromatic N) is 3. The largest absolute Gasteiger partial charge is 0.497 e. The monoisotopic (exact) mass is 387 g/mol. The number of benzene rings is 1. The number of hydrogen-bond acceptors (Lipinski definition) is 5. The fraction of sp³-hybridized carbons (Fsp3) is 0.619. The lowest BCUT2D eigenvalue weighted by Crippen LogP contribution is -2.23. The predicted molar refractivity (Wildman–Crippen MR) is 108 cm³/mol. The van der Waals surface area contributed by atoms with E-state index in [1.807, 2.05) is 12.1 Å². The van der Waals surface area contributed by atoms with E-state index in [9.17, 15) is 0 Å². The molecule has 4 rings (SSSR count). The minimum Gasteiger partial charge on any atom is -0.497 e. The third-order valence-electron chi connectivity index (χ3n) is 5.83. The van der Waals surface area contributed by atoms with Gasteiger partial charge in [0.1, 0.15) is 5.75 Å². The summed E-state index contributed by atoms with van der Waals surface area (Å²) in [5.74, 6) is 3.45. The highest BCUT2D eigenvalue weighted by molar-refractivity contribution is 7.99. The van der Waals surface area contributed by atoms with Crippen LogP contribution in [0, 0.1) is 5.92 Å². The topological polar surface area (TPSA) is 49.2 Å². The van der Waals surface area contributed by atoms with Gasteiger partial charge in [-0.15, -0.1) is 10.2 Å². The second-order valence-corrected chi connectivity index (χ2v) is 8.67. The van der Waals surface area contributed by atoms with Crippen molar-refractivity contribution in [3.8, 4) is 17.1 Å². The number of aromatic nitrogens is 3. The lowest BCUT2D eigenvalue weighted by Gasteiger charge is -2.31. The van der Waals surface area contributed by atoms with Gasteiger partial charge in [0.2, 0.25) is 0 Å². The van der Waals surface area contributed by atoms with E-state index in [1.54, 1.807) is 18.9 Å². The van der Waals surface area contributed by atoms with Crippen LogP contribution >= 0.6 is 11.8 Å². The minimum atomic E-state index is 0.355. The van der Waals surface area contributed by atoms with Crippen LogP contribution in [-0.2, 0) is 4.74 Å². The van der Waals surface area contributed by atoms with Gasteiger partial charge in [-0.2, -0.15) is 0 Å². The minimum absolute atomic E-state index is 0.355. The van der Waals surface area contributed by atoms with Crippen molar-refractivity contribution in [1.82, 2.24) is 14.8 Å². The summed E-state index contributed by atoms with van der Waals surface area (Å²) in [7, 11) is 1.70. The maximum atomic E-state index is 5.81. The van der Waals surface area contributed by atoms with Gasteiger partial charge in [0, 0.05) is 24.0 Å². The van der Waals surface area contributed by atoms with Crippen LogP contribution in [0.1, 0.15) is 51.5 Å². The van der Waals surface area contributed by atoms with Crippen molar-refractivity contribution < 1.29 is 9.47 Å². The summed E-state index contributed by atoms with van der Waals surface area (Å²) in [6.07, 6.45) is 7.78. The van der Waals surface area contributed by atoms with Gasteiger partial charge < -0.3 is 9.47 Å². The van der Waals surface area contributed by atoms with Crippen molar-refractivity contribution >= 4 is 11.8 Å². The standard InChI is InChI=1S/C21H29N3O2S/c1-15-6-3-4-8-19(15)24-20(16-9-11-17(25-2)12-10-16)22-23-21(24)27-14-18-7-5-13-26-18/h9-12,15,18-19H,3-8,13-14H2,1-2H3/t15-,18+,19-/m1/s1. The van der Waals surface area contributed by atoms with Gasteiger partial charge in [-0.05, 0) is 55.9 Å². The molecule has 5 nitrogen and oxygen atoms in total. The molecule has 2 aromatic rings. The molecule has 2 fully saturated rings. The Balaban J connectivity index is 1.64. The zero-order valence-corrected chi connectivity index (χ0v) is 17.1. The van der Waals surface area contributed by atoms with Crippen LogP contribution in [0.3, 0.4) is 0 Å². The van der Waals surface area contributed by atoms with Gasteiger partial charge in [-0.3, -0.25) is 4.57 Å². The molecule has 2 aliphatic rings. The molecule has 27 heavy (non-hydrogen) atoms. The number of hydrogen-bond donors (Lipinski definition) is 0. The highest BCUT2D eigenvalue weighted by atomic mass is 32.2. The highest BCUT2D eigenvalue weighted by Crippen LogP contribution is 2.39. The first kappa shape index (κ1) is 18.8. The Morgan fingerprint density at radius 1 is 1.11 bits per heavy atom. The summed E-state index contributed by atoms with van der Waals surface area (Å²) >= 11 is 1.80. The van der Waals surface area contributed by atoms with E-state index in [4.69, 9.17) is 9.47 Å². The van der Waals surface area contributed by atoms with Crippen LogP contribution in [-0.4, -0.2) is 40.3 Å². The second kappa shape index (κ2) is 8.65. The molecule has 6 heteroatoms. The summed E-state index contributed by atoms with van der Waals surface area (Å²) in [4.78, 5) is 0. The van der Waals surface area contributed by atoms with E-state index in [2.05, 4.69) is 33.8 Å². The number of rotatable bonds is 6. The zero-order chi connectivity index (χ0) is 18.6. The van der Waals surface area contributed by atoms with Crippen LogP contribution in [0.4, 0.5) is 0 Å². The molecule has 0 spiro atoms. The van der Waals surface area contributed by atoms with Crippen molar-refractivity contribution in [2.24, 2.45) is 5.92 Å². The van der Waals surface area contributed by atoms with Crippen LogP contribution in [0.2, 0.25) is 0 Å². The first-order valence-corrected chi connectivity index (χ1v) is 11.1. The Morgan fingerprint density at radius 2 is 1.93 bits per heavy atom. The summed E-state index contributed by atoms with van der Waals surface area (Å²) in [5.41, 5.74) is 1.10. The zero-order valence-electron chi connectivity index (χ0n) is 16.3. The Morgan fingerprint density at radius 3 is 2.63 bits per heavy atom. The lowest BCUT2D eigenvalue weighted by atomic mass is 9.85. The molecular weight excluding hydrogens is 358 g/mol. The SMILES string of the molecule is COc1ccc(-c2nnc(SC[C@@H]3CCCO3)n2[C@@H]2CCCC[C@H]2C)cc1. The molecule has 1 aromatic heterocycles. The fourth-order valence-electron chi connectivity index (χ4n) is 4.23. The van der Waals surface area contributed by atoms with Gasteiger partial charge in [-0.25, -0.2) is 0 Å². The van der Waals surface area contributed by atoms with E-state index in [0.717, 1.165) is 41.1 Å². The van der Waals surface area contributed by atoms with Crippen molar-refractivity contribution in [3.63, 3.8) is 0 Å². The number of thioether (sulfide) groups is 1. The lowest BCUT2D eigenvalue weighted by molar-refractivity contribution is 0.128. The molecule has 2 heterocycles. The van der Waals surface area contributed by atoms with Crippen molar-refractivity contribution in [2.45, 2.75) is 62.8 Å². The van der Waals surface area contributed by atoms with Gasteiger partial charge in [0.25, 0.3) is 0 Å². The highest BCUT2D eigenvalue weighted by Gasteiger charge is 2.29. The van der Waals surface area contributed by atoms with Crippen molar-refractivity contribution in [1.29, 1.82) is 0 Å². The maximum absolute atomic E-state index is 5.81. The van der Waals surface area contributed by atoms with E-state index in [0.29, 0.717) is 18.1 Å². The molecule has 0 radical (unpaired) electrons. The molecule has 0 N–H and O–H groups in total. The first-order chi connectivity index (χ1) is 13.3. The third kappa shape index (κ3) is 4.16. The summed E-state index contributed by atoms with van der Waals surface area (Å²) in [6, 6.07) is 8.64. The van der Waals surface area contributed by atoms with Crippen LogP contribution in [0.15, 0.2) is 29.4 Å². The van der Waals surface area contributed by atoms with E-state index in [-0.39, 0.29) is 0 Å². The van der Waals surface area contributed by atoms with Gasteiger partial charge >= 0.3 is 0 Å². The third-order valence-corrected chi connectivity index (χ3v) is 6.91. The average molecular weight is 388 g/mol. The summed E-state index contributed by atoms with van der Waals surface area (Å²) in [5, 5.41) is 10.2. The molecule has 1 aromatic carbocycles. The Kier molecular flexibility index (Phi) is 6.03. The Bertz CT molecular complexity index is 740. The predicted octanol–water partition coefficient (Wildman–Crippen LogP) is 4.98. The maximum Gasteiger partial charge on any atom is 0.191 e. The smallest absolute Gasteiger partial charge is 0.191 e. The summed E-state index contributed by atoms with van der Waals surface area (Å²) in [6.45, 7) is 3.27. The van der Waals surface area contributed by atoms with E-state index >= 15 is 0 Å². The van der Waals surface area contributed by atoms with Crippen LogP contribution < -0.4 is 4.74 Å². The molecule has 0 bridgehead atoms. The quantitative estimate of drug-likeness (QED) is 0.655. The molecule has 1 saturated carbocycles. The van der Waals surface area contributed by atoms with Crippen molar-refractivity contribution in [2.75, 3.05) is 19.5 Å². The summed E-state index contributed by atoms with van der Waals surface area (Å²) < 4.78 is 13.5. The van der Waals surface area contributed by atoms with Gasteiger partial charge in [0.05, 0.1) is 13.2 Å². The molecule has 3 atom stereocenters. The number of ether oxygens (including phenoxy) is 2. The average Bonchev–Trinajstić information content (AvgIpc) is 3.36. The van der Waals surface area contributed by atoms with Crippen LogP contribution in [0.5, 0.6) is 5.75 Å². The molecule has 0 amide bonds. The fourth-order valence-corrected chi connectivity index (χ4v) is 5.29. The Labute approximate surface area is 165 Å². The number of methoxy groups -OCH3 is 1. The van der Waals surface area contributed by atoms with Gasteiger partial charge in [-0.1, -0.05) is 31.5 Å². The van der Waals surface area contributed by atoms with Gasteiger partial charge in [0.15, 0.2) is 11.0 Å². The molecule has 0 unspecified atom stereocenters. The first-order valence-electron chi connectivity index (χ1n) is 10.1. The van der Waals surface area contributed by atoms with Crippen LogP contribution in [0.25, 0.3) is 11.4 Å². The van der Waals surface area contributed by atoms with E-state index < -0.39 is 0 Å². The normalized spacial score (nSPS) is 25.6. The Hall–Kier alpha value is -1.53. The molecule has 1 saturated heterocycles. The van der Waals surface area contributed by atoms with E-state index in [1.165, 1.54) is 32.1 Å². The molecular formula is C21H29N3O2S. The molecule has 1 aliphatic heterocycles. The van der Waals surface area contributed by atoms with Crippen molar-refractivity contribution in [3.05, 3.63) is 24.3 Å².